The van der Waals surface area contributed by atoms with Crippen molar-refractivity contribution in [2.75, 3.05) is 6.54 Å². The van der Waals surface area contributed by atoms with Crippen molar-refractivity contribution in [3.63, 3.8) is 0 Å². The Labute approximate surface area is 105 Å². The third-order valence-corrected chi connectivity index (χ3v) is 4.48. The zero-order chi connectivity index (χ0) is 11.5. The first-order chi connectivity index (χ1) is 6.94. The molecule has 0 unspecified atom stereocenters. The van der Waals surface area contributed by atoms with E-state index in [-0.39, 0.29) is 0 Å². The molecule has 0 aliphatic heterocycles. The van der Waals surface area contributed by atoms with Gasteiger partial charge in [-0.25, -0.2) is 0 Å². The lowest BCUT2D eigenvalue weighted by molar-refractivity contribution is 0.313. The number of nitrogens with two attached hydrogens (primary N) is 1. The van der Waals surface area contributed by atoms with E-state index in [2.05, 4.69) is 42.8 Å². The van der Waals surface area contributed by atoms with Crippen molar-refractivity contribution in [2.24, 2.45) is 11.1 Å². The molecule has 0 saturated carbocycles. The first-order valence-corrected chi connectivity index (χ1v) is 7.00. The number of hydrogen-bond acceptors (Lipinski definition) is 2. The predicted molar refractivity (Wildman–Crippen MR) is 72.5 cm³/mol. The van der Waals surface area contributed by atoms with Gasteiger partial charge in [0.2, 0.25) is 0 Å². The number of halogens is 1. The Hall–Kier alpha value is 0.140. The third-order valence-electron chi connectivity index (χ3n) is 2.88. The van der Waals surface area contributed by atoms with Gasteiger partial charge in [0.05, 0.1) is 3.79 Å². The molecule has 15 heavy (non-hydrogen) atoms. The molecule has 0 amide bonds. The van der Waals surface area contributed by atoms with E-state index in [0.29, 0.717) is 5.41 Å². The van der Waals surface area contributed by atoms with Crippen LogP contribution in [0.3, 0.4) is 0 Å². The maximum absolute atomic E-state index is 5.61. The van der Waals surface area contributed by atoms with Crippen molar-refractivity contribution < 1.29 is 0 Å². The van der Waals surface area contributed by atoms with Gasteiger partial charge in [-0.2, -0.15) is 0 Å². The second-order valence-corrected chi connectivity index (χ2v) is 7.47. The van der Waals surface area contributed by atoms with Crippen molar-refractivity contribution in [1.29, 1.82) is 0 Å². The van der Waals surface area contributed by atoms with E-state index >= 15 is 0 Å². The normalized spacial score (nSPS) is 12.1. The maximum atomic E-state index is 5.61. The summed E-state index contributed by atoms with van der Waals surface area (Å²) >= 11 is 5.36. The van der Waals surface area contributed by atoms with Crippen LogP contribution in [-0.2, 0) is 6.42 Å². The van der Waals surface area contributed by atoms with Crippen molar-refractivity contribution >= 4 is 27.3 Å². The van der Waals surface area contributed by atoms with Gasteiger partial charge in [-0.05, 0) is 65.7 Å². The fraction of sp³-hybridized carbons (Fsp3) is 0.667. The Morgan fingerprint density at radius 2 is 2.07 bits per heavy atom. The molecule has 1 nitrogen and oxygen atoms in total. The molecule has 0 radical (unpaired) electrons. The molecule has 1 aromatic rings. The Kier molecular flexibility index (Phi) is 4.81. The van der Waals surface area contributed by atoms with Gasteiger partial charge in [0, 0.05) is 4.88 Å². The van der Waals surface area contributed by atoms with Gasteiger partial charge in [-0.1, -0.05) is 13.8 Å². The minimum absolute atomic E-state index is 0.371. The Bertz CT molecular complexity index is 317. The quantitative estimate of drug-likeness (QED) is 0.867. The van der Waals surface area contributed by atoms with Crippen molar-refractivity contribution in [3.8, 4) is 0 Å². The van der Waals surface area contributed by atoms with Gasteiger partial charge < -0.3 is 5.73 Å². The van der Waals surface area contributed by atoms with Crippen LogP contribution in [-0.4, -0.2) is 6.54 Å². The fourth-order valence-electron chi connectivity index (χ4n) is 1.72. The third kappa shape index (κ3) is 4.25. The van der Waals surface area contributed by atoms with Crippen LogP contribution in [0.15, 0.2) is 9.85 Å². The summed E-state index contributed by atoms with van der Waals surface area (Å²) in [7, 11) is 0. The molecule has 0 atom stereocenters. The van der Waals surface area contributed by atoms with Crippen LogP contribution < -0.4 is 5.73 Å². The maximum Gasteiger partial charge on any atom is 0.0704 e. The van der Waals surface area contributed by atoms with Gasteiger partial charge in [0.25, 0.3) is 0 Å². The summed E-state index contributed by atoms with van der Waals surface area (Å²) in [5, 5.41) is 0. The van der Waals surface area contributed by atoms with Crippen LogP contribution in [0.4, 0.5) is 0 Å². The predicted octanol–water partition coefficient (Wildman–Crippen LogP) is 4.13. The summed E-state index contributed by atoms with van der Waals surface area (Å²) in [5.74, 6) is 0. The minimum atomic E-state index is 0.371. The SMILES string of the molecule is Cc1sc(Br)cc1CCC(C)(C)CCN. The fourth-order valence-corrected chi connectivity index (χ4v) is 3.51. The van der Waals surface area contributed by atoms with Gasteiger partial charge in [-0.3, -0.25) is 0 Å². The lowest BCUT2D eigenvalue weighted by Gasteiger charge is -2.23. The molecule has 3 heteroatoms. The zero-order valence-corrected chi connectivity index (χ0v) is 12.2. The molecule has 1 heterocycles. The molecule has 0 bridgehead atoms. The minimum Gasteiger partial charge on any atom is -0.330 e. The molecule has 1 aromatic heterocycles. The van der Waals surface area contributed by atoms with Crippen molar-refractivity contribution in [3.05, 3.63) is 20.3 Å². The number of aryl methyl sites for hydroxylation is 2. The first kappa shape index (κ1) is 13.2. The van der Waals surface area contributed by atoms with E-state index in [0.717, 1.165) is 13.0 Å². The van der Waals surface area contributed by atoms with E-state index < -0.39 is 0 Å². The summed E-state index contributed by atoms with van der Waals surface area (Å²) in [4.78, 5) is 1.44. The van der Waals surface area contributed by atoms with Crippen LogP contribution in [0.5, 0.6) is 0 Å². The highest BCUT2D eigenvalue weighted by Gasteiger charge is 2.17. The topological polar surface area (TPSA) is 26.0 Å². The average molecular weight is 290 g/mol. The molecule has 0 fully saturated rings. The Balaban J connectivity index is 2.53. The van der Waals surface area contributed by atoms with E-state index in [1.807, 2.05) is 11.3 Å². The summed E-state index contributed by atoms with van der Waals surface area (Å²) < 4.78 is 1.24. The monoisotopic (exact) mass is 289 g/mol. The summed E-state index contributed by atoms with van der Waals surface area (Å²) in [6.07, 6.45) is 3.49. The van der Waals surface area contributed by atoms with Crippen LogP contribution in [0, 0.1) is 12.3 Å². The second kappa shape index (κ2) is 5.46. The Morgan fingerprint density at radius 1 is 1.40 bits per heavy atom. The second-order valence-electron chi connectivity index (χ2n) is 4.83. The zero-order valence-electron chi connectivity index (χ0n) is 9.77. The summed E-state index contributed by atoms with van der Waals surface area (Å²) in [6.45, 7) is 7.59. The first-order valence-electron chi connectivity index (χ1n) is 5.39. The molecule has 0 spiro atoms. The highest BCUT2D eigenvalue weighted by atomic mass is 79.9. The number of hydrogen-bond donors (Lipinski definition) is 1. The van der Waals surface area contributed by atoms with E-state index in [9.17, 15) is 0 Å². The molecule has 1 rings (SSSR count). The molecule has 86 valence electrons. The van der Waals surface area contributed by atoms with E-state index in [1.165, 1.54) is 27.1 Å². The van der Waals surface area contributed by atoms with Crippen LogP contribution >= 0.6 is 27.3 Å². The van der Waals surface area contributed by atoms with E-state index in [1.54, 1.807) is 0 Å². The van der Waals surface area contributed by atoms with Gasteiger partial charge in [0.15, 0.2) is 0 Å². The average Bonchev–Trinajstić information content (AvgIpc) is 2.42. The highest BCUT2D eigenvalue weighted by Crippen LogP contribution is 2.31. The molecular weight excluding hydrogens is 270 g/mol. The van der Waals surface area contributed by atoms with E-state index in [4.69, 9.17) is 5.73 Å². The molecule has 0 aromatic carbocycles. The van der Waals surface area contributed by atoms with Gasteiger partial charge >= 0.3 is 0 Å². The molecular formula is C12H20BrNS. The largest absolute Gasteiger partial charge is 0.330 e. The van der Waals surface area contributed by atoms with Crippen molar-refractivity contribution in [2.45, 2.75) is 40.0 Å². The lowest BCUT2D eigenvalue weighted by Crippen LogP contribution is -2.17. The molecule has 0 aliphatic rings. The number of thiophene rings is 1. The highest BCUT2D eigenvalue weighted by molar-refractivity contribution is 9.11. The summed E-state index contributed by atoms with van der Waals surface area (Å²) in [5.41, 5.74) is 7.47. The van der Waals surface area contributed by atoms with Crippen LogP contribution in [0.1, 0.15) is 37.1 Å². The Morgan fingerprint density at radius 3 is 2.53 bits per heavy atom. The van der Waals surface area contributed by atoms with Crippen LogP contribution in [0.25, 0.3) is 0 Å². The molecule has 2 N–H and O–H groups in total. The van der Waals surface area contributed by atoms with Crippen LogP contribution in [0.2, 0.25) is 0 Å². The van der Waals surface area contributed by atoms with Gasteiger partial charge in [0.1, 0.15) is 0 Å². The molecule has 0 aliphatic carbocycles. The standard InChI is InChI=1S/C12H20BrNS/c1-9-10(8-11(13)15-9)4-5-12(2,3)6-7-14/h8H,4-7,14H2,1-3H3. The number of rotatable bonds is 5. The lowest BCUT2D eigenvalue weighted by atomic mass is 9.83. The van der Waals surface area contributed by atoms with Gasteiger partial charge in [-0.15, -0.1) is 11.3 Å². The van der Waals surface area contributed by atoms with Crippen molar-refractivity contribution in [1.82, 2.24) is 0 Å². The summed E-state index contributed by atoms with van der Waals surface area (Å²) in [6, 6.07) is 2.25. The molecule has 0 saturated heterocycles. The smallest absolute Gasteiger partial charge is 0.0704 e.